The molecule has 2 rings (SSSR count). The molecule has 0 amide bonds. The predicted octanol–water partition coefficient (Wildman–Crippen LogP) is 8.10. The SMILES string of the molecule is CCCCCCCCCCCCCCCCCCS(=O)(=O)NN=c1n(CC)c2cc(C)c(C)cc2n1CC. The highest BCUT2D eigenvalue weighted by molar-refractivity contribution is 7.89. The van der Waals surface area contributed by atoms with Gasteiger partial charge in [0.25, 0.3) is 0 Å². The second kappa shape index (κ2) is 17.8. The molecule has 38 heavy (non-hydrogen) atoms. The Labute approximate surface area is 233 Å². The fourth-order valence-electron chi connectivity index (χ4n) is 5.32. The van der Waals surface area contributed by atoms with Crippen molar-refractivity contribution < 1.29 is 8.42 Å². The van der Waals surface area contributed by atoms with E-state index in [9.17, 15) is 8.42 Å². The number of nitrogens with zero attached hydrogens (tertiary/aromatic N) is 3. The zero-order valence-electron chi connectivity index (χ0n) is 25.2. The maximum absolute atomic E-state index is 12.7. The quantitative estimate of drug-likeness (QED) is 0.126. The molecule has 1 aromatic heterocycles. The van der Waals surface area contributed by atoms with Crippen LogP contribution >= 0.6 is 0 Å². The smallest absolute Gasteiger partial charge is 0.247 e. The van der Waals surface area contributed by atoms with Gasteiger partial charge in [0.1, 0.15) is 0 Å². The molecule has 0 radical (unpaired) electrons. The maximum Gasteiger partial charge on any atom is 0.247 e. The average Bonchev–Trinajstić information content (AvgIpc) is 3.18. The number of unbranched alkanes of at least 4 members (excludes halogenated alkanes) is 15. The lowest BCUT2D eigenvalue weighted by molar-refractivity contribution is 0.530. The number of rotatable bonds is 21. The summed E-state index contributed by atoms with van der Waals surface area (Å²) in [7, 11) is -3.45. The Bertz CT molecular complexity index is 1070. The summed E-state index contributed by atoms with van der Waals surface area (Å²) in [6.07, 6.45) is 20.5. The Balaban J connectivity index is 1.67. The molecule has 0 unspecified atom stereocenters. The Morgan fingerprint density at radius 2 is 1.00 bits per heavy atom. The molecule has 218 valence electrons. The van der Waals surface area contributed by atoms with E-state index in [0.29, 0.717) is 12.0 Å². The van der Waals surface area contributed by atoms with Crippen molar-refractivity contribution in [1.29, 1.82) is 0 Å². The number of sulfonamides is 1. The van der Waals surface area contributed by atoms with Crippen molar-refractivity contribution in [2.24, 2.45) is 5.10 Å². The second-order valence-corrected chi connectivity index (χ2v) is 12.9. The van der Waals surface area contributed by atoms with Crippen LogP contribution in [0.1, 0.15) is 135 Å². The van der Waals surface area contributed by atoms with E-state index in [2.05, 4.69) is 65.8 Å². The first kappa shape index (κ1) is 32.5. The summed E-state index contributed by atoms with van der Waals surface area (Å²) in [6, 6.07) is 4.34. The van der Waals surface area contributed by atoms with Crippen LogP contribution in [-0.2, 0) is 23.1 Å². The van der Waals surface area contributed by atoms with Crippen molar-refractivity contribution in [3.8, 4) is 0 Å². The molecule has 0 aliphatic rings. The summed E-state index contributed by atoms with van der Waals surface area (Å²) in [5, 5.41) is 4.40. The molecular weight excluding hydrogens is 492 g/mol. The van der Waals surface area contributed by atoms with Crippen LogP contribution in [0.15, 0.2) is 17.2 Å². The van der Waals surface area contributed by atoms with Crippen LogP contribution < -0.4 is 10.4 Å². The number of benzene rings is 1. The number of imidazole rings is 1. The molecular formula is C31H56N4O2S. The molecule has 0 saturated heterocycles. The molecule has 0 fully saturated rings. The molecule has 0 saturated carbocycles. The number of aromatic nitrogens is 2. The van der Waals surface area contributed by atoms with Gasteiger partial charge >= 0.3 is 0 Å². The summed E-state index contributed by atoms with van der Waals surface area (Å²) in [5.41, 5.74) is 5.29. The third-order valence-electron chi connectivity index (χ3n) is 7.84. The summed E-state index contributed by atoms with van der Waals surface area (Å²) in [6.45, 7) is 12.1. The minimum absolute atomic E-state index is 0.131. The molecule has 1 aromatic carbocycles. The van der Waals surface area contributed by atoms with Crippen molar-refractivity contribution in [2.45, 2.75) is 150 Å². The topological polar surface area (TPSA) is 68.4 Å². The van der Waals surface area contributed by atoms with Crippen molar-refractivity contribution >= 4 is 21.1 Å². The third kappa shape index (κ3) is 10.8. The van der Waals surface area contributed by atoms with Gasteiger partial charge in [-0.05, 0) is 57.4 Å². The number of nitrogens with one attached hydrogen (secondary N) is 1. The monoisotopic (exact) mass is 548 g/mol. The third-order valence-corrected chi connectivity index (χ3v) is 9.03. The Morgan fingerprint density at radius 1 is 0.632 bits per heavy atom. The van der Waals surface area contributed by atoms with Crippen molar-refractivity contribution in [3.63, 3.8) is 0 Å². The molecule has 0 aliphatic heterocycles. The van der Waals surface area contributed by atoms with Crippen LogP contribution in [0.25, 0.3) is 11.0 Å². The Hall–Kier alpha value is -1.76. The lowest BCUT2D eigenvalue weighted by Crippen LogP contribution is -2.31. The number of aryl methyl sites for hydroxylation is 4. The van der Waals surface area contributed by atoms with Crippen molar-refractivity contribution in [3.05, 3.63) is 28.9 Å². The van der Waals surface area contributed by atoms with E-state index < -0.39 is 10.0 Å². The normalized spacial score (nSPS) is 11.9. The number of hydrogen-bond donors (Lipinski definition) is 1. The highest BCUT2D eigenvalue weighted by atomic mass is 32.2. The number of hydrogen-bond acceptors (Lipinski definition) is 3. The molecule has 0 atom stereocenters. The van der Waals surface area contributed by atoms with Crippen LogP contribution in [0.4, 0.5) is 0 Å². The minimum Gasteiger partial charge on any atom is -0.309 e. The van der Waals surface area contributed by atoms with E-state index >= 15 is 0 Å². The van der Waals surface area contributed by atoms with Crippen LogP contribution in [0.5, 0.6) is 0 Å². The maximum atomic E-state index is 12.7. The van der Waals surface area contributed by atoms with Gasteiger partial charge in [0.15, 0.2) is 0 Å². The highest BCUT2D eigenvalue weighted by Gasteiger charge is 2.13. The summed E-state index contributed by atoms with van der Waals surface area (Å²) in [5.74, 6) is 0.131. The van der Waals surface area contributed by atoms with E-state index in [1.165, 1.54) is 94.6 Å². The first-order valence-electron chi connectivity index (χ1n) is 15.6. The molecule has 7 heteroatoms. The van der Waals surface area contributed by atoms with Gasteiger partial charge in [0.2, 0.25) is 15.6 Å². The molecule has 0 aliphatic carbocycles. The predicted molar refractivity (Wildman–Crippen MR) is 163 cm³/mol. The standard InChI is InChI=1S/C31H56N4O2S/c1-6-9-10-11-12-13-14-15-16-17-18-19-20-21-22-23-24-38(36,37)33-32-31-34(7-2)29-25-27(4)28(5)26-30(29)35(31)8-3/h25-26,33H,6-24H2,1-5H3. The van der Waals surface area contributed by atoms with E-state index in [4.69, 9.17) is 0 Å². The summed E-state index contributed by atoms with van der Waals surface area (Å²) in [4.78, 5) is 2.52. The van der Waals surface area contributed by atoms with Crippen LogP contribution in [0.3, 0.4) is 0 Å². The zero-order chi connectivity index (χ0) is 27.8. The summed E-state index contributed by atoms with van der Waals surface area (Å²) >= 11 is 0. The highest BCUT2D eigenvalue weighted by Crippen LogP contribution is 2.19. The fraction of sp³-hybridized carbons (Fsp3) is 0.774. The first-order chi connectivity index (χ1) is 18.3. The zero-order valence-corrected chi connectivity index (χ0v) is 26.0. The van der Waals surface area contributed by atoms with Gasteiger partial charge in [-0.3, -0.25) is 0 Å². The van der Waals surface area contributed by atoms with Crippen LogP contribution in [0, 0.1) is 13.8 Å². The molecule has 2 aromatic rings. The molecule has 1 N–H and O–H groups in total. The van der Waals surface area contributed by atoms with Gasteiger partial charge in [-0.25, -0.2) is 13.2 Å². The molecule has 0 bridgehead atoms. The molecule has 0 spiro atoms. The fourth-order valence-corrected chi connectivity index (χ4v) is 6.22. The molecule has 1 heterocycles. The number of fused-ring (bicyclic) bond motifs is 1. The van der Waals surface area contributed by atoms with E-state index in [-0.39, 0.29) is 5.75 Å². The van der Waals surface area contributed by atoms with Gasteiger partial charge in [0.05, 0.1) is 16.8 Å². The van der Waals surface area contributed by atoms with E-state index in [1.54, 1.807) is 0 Å². The van der Waals surface area contributed by atoms with Gasteiger partial charge in [-0.2, -0.15) is 0 Å². The van der Waals surface area contributed by atoms with Crippen LogP contribution in [-0.4, -0.2) is 23.3 Å². The van der Waals surface area contributed by atoms with E-state index in [0.717, 1.165) is 37.0 Å². The van der Waals surface area contributed by atoms with Gasteiger partial charge in [-0.1, -0.05) is 103 Å². The van der Waals surface area contributed by atoms with Gasteiger partial charge < -0.3 is 9.13 Å². The van der Waals surface area contributed by atoms with Crippen LogP contribution in [0.2, 0.25) is 0 Å². The lowest BCUT2D eigenvalue weighted by atomic mass is 10.0. The van der Waals surface area contributed by atoms with Gasteiger partial charge in [0, 0.05) is 13.1 Å². The summed E-state index contributed by atoms with van der Waals surface area (Å²) < 4.78 is 29.5. The minimum atomic E-state index is -3.45. The van der Waals surface area contributed by atoms with Crippen molar-refractivity contribution in [1.82, 2.24) is 14.0 Å². The first-order valence-corrected chi connectivity index (χ1v) is 17.2. The van der Waals surface area contributed by atoms with E-state index in [1.807, 2.05) is 0 Å². The van der Waals surface area contributed by atoms with Crippen molar-refractivity contribution in [2.75, 3.05) is 5.75 Å². The average molecular weight is 549 g/mol. The Kier molecular flexibility index (Phi) is 15.2. The Morgan fingerprint density at radius 3 is 1.37 bits per heavy atom. The molecule has 6 nitrogen and oxygen atoms in total. The second-order valence-electron chi connectivity index (χ2n) is 11.0. The largest absolute Gasteiger partial charge is 0.309 e. The lowest BCUT2D eigenvalue weighted by Gasteiger charge is -2.06. The van der Waals surface area contributed by atoms with Gasteiger partial charge in [-0.15, -0.1) is 5.10 Å².